The van der Waals surface area contributed by atoms with Crippen LogP contribution in [-0.4, -0.2) is 63.8 Å². The fourth-order valence-electron chi connectivity index (χ4n) is 2.04. The number of nitrogens with one attached hydrogen (secondary N) is 2. The van der Waals surface area contributed by atoms with Crippen molar-refractivity contribution in [2.75, 3.05) is 40.8 Å². The fourth-order valence-corrected chi connectivity index (χ4v) is 2.04. The monoisotopic (exact) mass is 336 g/mol. The summed E-state index contributed by atoms with van der Waals surface area (Å²) in [5.74, 6) is 2.27. The first-order valence-corrected chi connectivity index (χ1v) is 8.42. The molecule has 0 spiro atoms. The number of hydrogen-bond donors (Lipinski definition) is 2. The first-order valence-electron chi connectivity index (χ1n) is 8.42. The Morgan fingerprint density at radius 1 is 1.17 bits per heavy atom. The number of rotatable bonds is 9. The van der Waals surface area contributed by atoms with E-state index in [0.29, 0.717) is 12.6 Å². The molecule has 0 bridgehead atoms. The van der Waals surface area contributed by atoms with Crippen molar-refractivity contribution in [2.24, 2.45) is 4.99 Å². The number of guanidine groups is 1. The van der Waals surface area contributed by atoms with Crippen LogP contribution in [0.2, 0.25) is 0 Å². The van der Waals surface area contributed by atoms with E-state index in [9.17, 15) is 0 Å². The van der Waals surface area contributed by atoms with Crippen LogP contribution in [0.5, 0.6) is 11.5 Å². The predicted molar refractivity (Wildman–Crippen MR) is 100 cm³/mol. The van der Waals surface area contributed by atoms with Gasteiger partial charge in [0.05, 0.1) is 13.7 Å². The molecule has 1 aromatic carbocycles. The van der Waals surface area contributed by atoms with Crippen molar-refractivity contribution in [1.82, 2.24) is 15.5 Å². The van der Waals surface area contributed by atoms with Crippen molar-refractivity contribution in [2.45, 2.75) is 32.9 Å². The average Bonchev–Trinajstić information content (AvgIpc) is 2.58. The van der Waals surface area contributed by atoms with Gasteiger partial charge in [0, 0.05) is 26.2 Å². The van der Waals surface area contributed by atoms with Crippen LogP contribution in [0.4, 0.5) is 0 Å². The predicted octanol–water partition coefficient (Wildman–Crippen LogP) is 1.97. The van der Waals surface area contributed by atoms with Gasteiger partial charge in [0.25, 0.3) is 0 Å². The Bertz CT molecular complexity index is 506. The molecule has 0 heterocycles. The van der Waals surface area contributed by atoms with E-state index >= 15 is 0 Å². The highest BCUT2D eigenvalue weighted by molar-refractivity contribution is 5.79. The normalized spacial score (nSPS) is 13.1. The second kappa shape index (κ2) is 10.8. The summed E-state index contributed by atoms with van der Waals surface area (Å²) in [6.07, 6.45) is -0.0156. The van der Waals surface area contributed by atoms with Gasteiger partial charge in [-0.3, -0.25) is 4.99 Å². The number of hydrogen-bond acceptors (Lipinski definition) is 4. The Morgan fingerprint density at radius 2 is 1.83 bits per heavy atom. The standard InChI is InChI=1S/C18H32N4O2/c1-14(2)22(5)12-11-20-18(19-4)21-13-15(3)24-17-10-8-7-9-16(17)23-6/h7-10,14-15H,11-13H2,1-6H3,(H2,19,20,21). The lowest BCUT2D eigenvalue weighted by Crippen LogP contribution is -2.44. The molecule has 1 unspecified atom stereocenters. The smallest absolute Gasteiger partial charge is 0.191 e. The van der Waals surface area contributed by atoms with E-state index < -0.39 is 0 Å². The molecule has 0 aliphatic rings. The highest BCUT2D eigenvalue weighted by atomic mass is 16.5. The molecular weight excluding hydrogens is 304 g/mol. The third kappa shape index (κ3) is 7.08. The molecule has 136 valence electrons. The molecule has 0 fully saturated rings. The van der Waals surface area contributed by atoms with Gasteiger partial charge in [0.2, 0.25) is 0 Å². The molecule has 0 radical (unpaired) electrons. The van der Waals surface area contributed by atoms with Gasteiger partial charge in [-0.2, -0.15) is 0 Å². The summed E-state index contributed by atoms with van der Waals surface area (Å²) in [7, 11) is 5.53. The summed E-state index contributed by atoms with van der Waals surface area (Å²) in [4.78, 5) is 6.52. The molecule has 6 heteroatoms. The Balaban J connectivity index is 2.37. The van der Waals surface area contributed by atoms with E-state index in [1.54, 1.807) is 14.2 Å². The maximum Gasteiger partial charge on any atom is 0.191 e. The highest BCUT2D eigenvalue weighted by Gasteiger charge is 2.09. The summed E-state index contributed by atoms with van der Waals surface area (Å²) < 4.78 is 11.2. The van der Waals surface area contributed by atoms with Gasteiger partial charge in [-0.15, -0.1) is 0 Å². The lowest BCUT2D eigenvalue weighted by atomic mass is 10.3. The van der Waals surface area contributed by atoms with E-state index in [2.05, 4.69) is 41.4 Å². The zero-order valence-electron chi connectivity index (χ0n) is 15.8. The summed E-state index contributed by atoms with van der Waals surface area (Å²) in [6, 6.07) is 8.19. The third-order valence-corrected chi connectivity index (χ3v) is 3.82. The van der Waals surface area contributed by atoms with Crippen molar-refractivity contribution in [3.05, 3.63) is 24.3 Å². The summed E-state index contributed by atoms with van der Waals surface area (Å²) in [6.45, 7) is 8.84. The number of aliphatic imine (C=N–C) groups is 1. The van der Waals surface area contributed by atoms with Crippen LogP contribution in [0, 0.1) is 0 Å². The number of nitrogens with zero attached hydrogens (tertiary/aromatic N) is 2. The van der Waals surface area contributed by atoms with Crippen molar-refractivity contribution >= 4 is 5.96 Å². The van der Waals surface area contributed by atoms with Crippen molar-refractivity contribution in [3.63, 3.8) is 0 Å². The molecule has 0 saturated carbocycles. The largest absolute Gasteiger partial charge is 0.493 e. The molecule has 2 N–H and O–H groups in total. The minimum atomic E-state index is -0.0156. The van der Waals surface area contributed by atoms with Gasteiger partial charge in [0.1, 0.15) is 6.10 Å². The molecule has 1 rings (SSSR count). The van der Waals surface area contributed by atoms with Gasteiger partial charge in [0.15, 0.2) is 17.5 Å². The van der Waals surface area contributed by atoms with Crippen LogP contribution < -0.4 is 20.1 Å². The highest BCUT2D eigenvalue weighted by Crippen LogP contribution is 2.26. The lowest BCUT2D eigenvalue weighted by molar-refractivity contribution is 0.213. The van der Waals surface area contributed by atoms with Crippen molar-refractivity contribution in [3.8, 4) is 11.5 Å². The maximum atomic E-state index is 5.93. The van der Waals surface area contributed by atoms with Gasteiger partial charge in [-0.25, -0.2) is 0 Å². The fraction of sp³-hybridized carbons (Fsp3) is 0.611. The minimum absolute atomic E-state index is 0.0156. The number of methoxy groups -OCH3 is 1. The topological polar surface area (TPSA) is 58.1 Å². The second-order valence-electron chi connectivity index (χ2n) is 6.03. The average molecular weight is 336 g/mol. The molecule has 0 aromatic heterocycles. The molecule has 24 heavy (non-hydrogen) atoms. The first-order chi connectivity index (χ1) is 11.5. The summed E-state index contributed by atoms with van der Waals surface area (Å²) in [5, 5.41) is 6.60. The zero-order valence-corrected chi connectivity index (χ0v) is 15.8. The van der Waals surface area contributed by atoms with Crippen LogP contribution in [-0.2, 0) is 0 Å². The van der Waals surface area contributed by atoms with Crippen LogP contribution >= 0.6 is 0 Å². The Kier molecular flexibility index (Phi) is 9.01. The molecule has 0 saturated heterocycles. The number of likely N-dealkylation sites (N-methyl/N-ethyl adjacent to an activating group) is 1. The molecule has 1 atom stereocenters. The van der Waals surface area contributed by atoms with Crippen LogP contribution in [0.25, 0.3) is 0 Å². The zero-order chi connectivity index (χ0) is 17.9. The number of benzene rings is 1. The second-order valence-corrected chi connectivity index (χ2v) is 6.03. The molecule has 0 aliphatic carbocycles. The Hall–Kier alpha value is -1.95. The molecule has 6 nitrogen and oxygen atoms in total. The number of ether oxygens (including phenoxy) is 2. The van der Waals surface area contributed by atoms with E-state index in [4.69, 9.17) is 9.47 Å². The van der Waals surface area contributed by atoms with Gasteiger partial charge >= 0.3 is 0 Å². The Labute approximate surface area is 146 Å². The molecule has 0 amide bonds. The van der Waals surface area contributed by atoms with E-state index in [1.165, 1.54) is 0 Å². The van der Waals surface area contributed by atoms with Crippen LogP contribution in [0.15, 0.2) is 29.3 Å². The summed E-state index contributed by atoms with van der Waals surface area (Å²) >= 11 is 0. The van der Waals surface area contributed by atoms with Crippen molar-refractivity contribution in [1.29, 1.82) is 0 Å². The first kappa shape index (κ1) is 20.1. The Morgan fingerprint density at radius 3 is 2.42 bits per heavy atom. The quantitative estimate of drug-likeness (QED) is 0.533. The van der Waals surface area contributed by atoms with E-state index in [-0.39, 0.29) is 6.10 Å². The SMILES string of the molecule is CN=C(NCCN(C)C(C)C)NCC(C)Oc1ccccc1OC. The maximum absolute atomic E-state index is 5.93. The van der Waals surface area contributed by atoms with Crippen LogP contribution in [0.1, 0.15) is 20.8 Å². The van der Waals surface area contributed by atoms with Gasteiger partial charge in [-0.1, -0.05) is 12.1 Å². The minimum Gasteiger partial charge on any atom is -0.493 e. The molecular formula is C18H32N4O2. The van der Waals surface area contributed by atoms with Gasteiger partial charge in [-0.05, 0) is 40.0 Å². The molecule has 0 aliphatic heterocycles. The van der Waals surface area contributed by atoms with Crippen molar-refractivity contribution < 1.29 is 9.47 Å². The van der Waals surface area contributed by atoms with Crippen LogP contribution in [0.3, 0.4) is 0 Å². The third-order valence-electron chi connectivity index (χ3n) is 3.82. The van der Waals surface area contributed by atoms with E-state index in [1.807, 2.05) is 31.2 Å². The summed E-state index contributed by atoms with van der Waals surface area (Å²) in [5.41, 5.74) is 0. The van der Waals surface area contributed by atoms with Gasteiger partial charge < -0.3 is 25.0 Å². The lowest BCUT2D eigenvalue weighted by Gasteiger charge is -2.22. The molecule has 1 aromatic rings. The number of para-hydroxylation sites is 2. The van der Waals surface area contributed by atoms with E-state index in [0.717, 1.165) is 30.5 Å².